The van der Waals surface area contributed by atoms with Gasteiger partial charge >= 0.3 is 10.1 Å². The number of hydrogen-bond acceptors (Lipinski definition) is 4. The van der Waals surface area contributed by atoms with Gasteiger partial charge in [-0.25, -0.2) is 0 Å². The fourth-order valence-corrected chi connectivity index (χ4v) is 1.23. The molecule has 0 radical (unpaired) electrons. The van der Waals surface area contributed by atoms with Gasteiger partial charge in [0.05, 0.1) is 12.8 Å². The molecule has 0 saturated heterocycles. The van der Waals surface area contributed by atoms with E-state index in [1.165, 1.54) is 0 Å². The van der Waals surface area contributed by atoms with Gasteiger partial charge in [-0.1, -0.05) is 0 Å². The first-order valence-corrected chi connectivity index (χ1v) is 4.69. The highest BCUT2D eigenvalue weighted by molar-refractivity contribution is 7.86. The van der Waals surface area contributed by atoms with E-state index in [-0.39, 0.29) is 0 Å². The highest BCUT2D eigenvalue weighted by Gasteiger charge is 2.09. The Bertz CT molecular complexity index is 242. The Morgan fingerprint density at radius 1 is 1.70 bits per heavy atom. The third-order valence-electron chi connectivity index (χ3n) is 1.03. The molecule has 0 aromatic heterocycles. The largest absolute Gasteiger partial charge is 0.386 e. The molecule has 0 bridgehead atoms. The molecule has 0 fully saturated rings. The minimum Gasteiger partial charge on any atom is -0.386 e. The van der Waals surface area contributed by atoms with E-state index < -0.39 is 10.1 Å². The van der Waals surface area contributed by atoms with Crippen LogP contribution in [0.2, 0.25) is 0 Å². The number of hydrogen-bond donors (Lipinski definition) is 1. The molecule has 0 aromatic carbocycles. The third-order valence-corrected chi connectivity index (χ3v) is 1.55. The van der Waals surface area contributed by atoms with Crippen LogP contribution in [0.1, 0.15) is 0 Å². The molecular formula is C5H9NO3S. The molecule has 0 unspecified atom stereocenters. The Hall–Kier alpha value is -0.550. The molecule has 0 saturated carbocycles. The van der Waals surface area contributed by atoms with Gasteiger partial charge in [-0.3, -0.25) is 0 Å². The molecular weight excluding hydrogens is 154 g/mol. The van der Waals surface area contributed by atoms with E-state index in [9.17, 15) is 8.42 Å². The summed E-state index contributed by atoms with van der Waals surface area (Å²) in [4.78, 5) is 0. The number of rotatable bonds is 2. The lowest BCUT2D eigenvalue weighted by Crippen LogP contribution is -2.11. The van der Waals surface area contributed by atoms with E-state index in [2.05, 4.69) is 9.50 Å². The average Bonchev–Trinajstić information content (AvgIpc) is 2.12. The molecule has 1 heterocycles. The summed E-state index contributed by atoms with van der Waals surface area (Å²) in [6, 6.07) is 0. The highest BCUT2D eigenvalue weighted by atomic mass is 32.2. The molecule has 4 nitrogen and oxygen atoms in total. The standard InChI is InChI=1S/C5H9NO3S/c1-10(7,8)9-5-2-3-6-4-5/h2,6H,3-4H2,1H3. The molecule has 0 atom stereocenters. The van der Waals surface area contributed by atoms with Crippen LogP contribution in [0.5, 0.6) is 0 Å². The molecule has 1 rings (SSSR count). The summed E-state index contributed by atoms with van der Waals surface area (Å²) < 4.78 is 25.6. The zero-order valence-electron chi connectivity index (χ0n) is 5.62. The van der Waals surface area contributed by atoms with Crippen molar-refractivity contribution < 1.29 is 12.6 Å². The van der Waals surface area contributed by atoms with E-state index in [0.29, 0.717) is 18.8 Å². The van der Waals surface area contributed by atoms with Crippen molar-refractivity contribution in [2.24, 2.45) is 0 Å². The van der Waals surface area contributed by atoms with Gasteiger partial charge in [0.25, 0.3) is 0 Å². The van der Waals surface area contributed by atoms with Crippen LogP contribution in [0.15, 0.2) is 11.8 Å². The summed E-state index contributed by atoms with van der Waals surface area (Å²) in [6.45, 7) is 1.19. The van der Waals surface area contributed by atoms with Gasteiger partial charge in [-0.2, -0.15) is 8.42 Å². The molecule has 0 aromatic rings. The van der Waals surface area contributed by atoms with E-state index in [4.69, 9.17) is 0 Å². The van der Waals surface area contributed by atoms with Crippen LogP contribution in [-0.4, -0.2) is 27.8 Å². The molecule has 0 spiro atoms. The second kappa shape index (κ2) is 2.59. The van der Waals surface area contributed by atoms with Crippen LogP contribution < -0.4 is 5.32 Å². The van der Waals surface area contributed by atoms with E-state index in [0.717, 1.165) is 6.26 Å². The average molecular weight is 163 g/mol. The number of nitrogens with one attached hydrogen (secondary N) is 1. The Morgan fingerprint density at radius 2 is 2.40 bits per heavy atom. The van der Waals surface area contributed by atoms with Crippen molar-refractivity contribution in [2.45, 2.75) is 0 Å². The normalized spacial score (nSPS) is 18.7. The molecule has 5 heteroatoms. The van der Waals surface area contributed by atoms with Crippen molar-refractivity contribution in [1.82, 2.24) is 5.32 Å². The van der Waals surface area contributed by atoms with Crippen molar-refractivity contribution in [2.75, 3.05) is 19.3 Å². The van der Waals surface area contributed by atoms with E-state index in [1.807, 2.05) is 0 Å². The van der Waals surface area contributed by atoms with Gasteiger partial charge in [0.2, 0.25) is 0 Å². The monoisotopic (exact) mass is 163 g/mol. The second-order valence-corrected chi connectivity index (χ2v) is 3.66. The highest BCUT2D eigenvalue weighted by Crippen LogP contribution is 2.03. The van der Waals surface area contributed by atoms with Gasteiger partial charge < -0.3 is 9.50 Å². The van der Waals surface area contributed by atoms with Crippen molar-refractivity contribution in [1.29, 1.82) is 0 Å². The van der Waals surface area contributed by atoms with Crippen LogP contribution in [0.3, 0.4) is 0 Å². The quantitative estimate of drug-likeness (QED) is 0.555. The summed E-state index contributed by atoms with van der Waals surface area (Å²) in [7, 11) is -3.32. The van der Waals surface area contributed by atoms with Gasteiger partial charge in [-0.15, -0.1) is 0 Å². The Labute approximate surface area is 60.0 Å². The lowest BCUT2D eigenvalue weighted by atomic mass is 10.5. The van der Waals surface area contributed by atoms with Crippen molar-refractivity contribution in [3.63, 3.8) is 0 Å². The van der Waals surface area contributed by atoms with Crippen molar-refractivity contribution >= 4 is 10.1 Å². The first-order valence-electron chi connectivity index (χ1n) is 2.87. The topological polar surface area (TPSA) is 55.4 Å². The summed E-state index contributed by atoms with van der Waals surface area (Å²) in [6.07, 6.45) is 2.74. The molecule has 1 aliphatic rings. The van der Waals surface area contributed by atoms with Crippen LogP contribution in [0.25, 0.3) is 0 Å². The predicted molar refractivity (Wildman–Crippen MR) is 36.9 cm³/mol. The maximum atomic E-state index is 10.5. The van der Waals surface area contributed by atoms with Gasteiger partial charge in [-0.05, 0) is 6.08 Å². The van der Waals surface area contributed by atoms with Gasteiger partial charge in [0.1, 0.15) is 5.76 Å². The van der Waals surface area contributed by atoms with Gasteiger partial charge in [0.15, 0.2) is 0 Å². The van der Waals surface area contributed by atoms with E-state index >= 15 is 0 Å². The maximum absolute atomic E-state index is 10.5. The third kappa shape index (κ3) is 2.36. The smallest absolute Gasteiger partial charge is 0.305 e. The van der Waals surface area contributed by atoms with E-state index in [1.54, 1.807) is 6.08 Å². The Balaban J connectivity index is 2.54. The first-order chi connectivity index (χ1) is 4.58. The summed E-state index contributed by atoms with van der Waals surface area (Å²) in [5.74, 6) is 0.488. The molecule has 1 N–H and O–H groups in total. The summed E-state index contributed by atoms with van der Waals surface area (Å²) in [5.41, 5.74) is 0. The summed E-state index contributed by atoms with van der Waals surface area (Å²) in [5, 5.41) is 2.91. The predicted octanol–water partition coefficient (Wildman–Crippen LogP) is -0.550. The second-order valence-electron chi connectivity index (χ2n) is 2.09. The van der Waals surface area contributed by atoms with Crippen molar-refractivity contribution in [3.8, 4) is 0 Å². The van der Waals surface area contributed by atoms with Gasteiger partial charge in [0, 0.05) is 6.54 Å². The minimum absolute atomic E-state index is 0.488. The summed E-state index contributed by atoms with van der Waals surface area (Å²) >= 11 is 0. The molecule has 0 aliphatic carbocycles. The van der Waals surface area contributed by atoms with Crippen LogP contribution in [-0.2, 0) is 14.3 Å². The maximum Gasteiger partial charge on any atom is 0.305 e. The first kappa shape index (κ1) is 7.56. The molecule has 1 aliphatic heterocycles. The molecule has 58 valence electrons. The fraction of sp³-hybridized carbons (Fsp3) is 0.600. The van der Waals surface area contributed by atoms with Crippen LogP contribution >= 0.6 is 0 Å². The SMILES string of the molecule is CS(=O)(=O)OC1=CCNC1. The van der Waals surface area contributed by atoms with Crippen LogP contribution in [0.4, 0.5) is 0 Å². The fourth-order valence-electron chi connectivity index (χ4n) is 0.711. The molecule has 10 heavy (non-hydrogen) atoms. The zero-order chi connectivity index (χ0) is 7.61. The van der Waals surface area contributed by atoms with Crippen LogP contribution in [0, 0.1) is 0 Å². The lowest BCUT2D eigenvalue weighted by molar-refractivity contribution is 0.407. The molecule has 0 amide bonds. The Kier molecular flexibility index (Phi) is 1.96. The Morgan fingerprint density at radius 3 is 2.80 bits per heavy atom. The zero-order valence-corrected chi connectivity index (χ0v) is 6.44. The minimum atomic E-state index is -3.32. The van der Waals surface area contributed by atoms with Crippen molar-refractivity contribution in [3.05, 3.63) is 11.8 Å². The lowest BCUT2D eigenvalue weighted by Gasteiger charge is -2.00.